The molecule has 2 aromatic carbocycles. The second-order valence-corrected chi connectivity index (χ2v) is 8.35. The topological polar surface area (TPSA) is 117 Å². The van der Waals surface area contributed by atoms with Gasteiger partial charge in [-0.1, -0.05) is 24.3 Å². The number of carbonyl (C=O) groups is 1. The zero-order valence-corrected chi connectivity index (χ0v) is 17.1. The molecule has 9 heteroatoms. The molecule has 0 saturated carbocycles. The molecule has 3 rings (SSSR count). The molecule has 0 spiro atoms. The largest absolute Gasteiger partial charge is 0.352 e. The van der Waals surface area contributed by atoms with E-state index in [4.69, 9.17) is 5.14 Å². The van der Waals surface area contributed by atoms with Crippen LogP contribution < -0.4 is 20.7 Å². The minimum atomic E-state index is -3.68. The van der Waals surface area contributed by atoms with Crippen LogP contribution in [0.2, 0.25) is 0 Å². The summed E-state index contributed by atoms with van der Waals surface area (Å²) in [6.07, 6.45) is 1.53. The highest BCUT2D eigenvalue weighted by Gasteiger charge is 2.21. The highest BCUT2D eigenvalue weighted by Crippen LogP contribution is 2.21. The van der Waals surface area contributed by atoms with Gasteiger partial charge in [-0.25, -0.2) is 13.6 Å². The first-order valence-electron chi connectivity index (χ1n) is 9.32. The zero-order valence-electron chi connectivity index (χ0n) is 16.3. The molecule has 0 unspecified atom stereocenters. The summed E-state index contributed by atoms with van der Waals surface area (Å²) in [6.45, 7) is 1.85. The number of hydrogen-bond acceptors (Lipinski definition) is 4. The molecule has 1 aliphatic heterocycles. The maximum atomic E-state index is 11.8. The monoisotopic (exact) mass is 415 g/mol. The van der Waals surface area contributed by atoms with Crippen molar-refractivity contribution in [3.63, 3.8) is 0 Å². The van der Waals surface area contributed by atoms with Gasteiger partial charge in [0.15, 0.2) is 5.96 Å². The summed E-state index contributed by atoms with van der Waals surface area (Å²) in [5.41, 5.74) is 2.91. The number of nitrogens with two attached hydrogens (primary N) is 1. The lowest BCUT2D eigenvalue weighted by Crippen LogP contribution is -2.36. The first-order chi connectivity index (χ1) is 13.9. The lowest BCUT2D eigenvalue weighted by molar-refractivity contribution is -0.117. The van der Waals surface area contributed by atoms with Crippen LogP contribution in [-0.2, 0) is 27.9 Å². The normalized spacial score (nSPS) is 14.9. The molecule has 0 bridgehead atoms. The summed E-state index contributed by atoms with van der Waals surface area (Å²) < 4.78 is 22.6. The van der Waals surface area contributed by atoms with Gasteiger partial charge in [-0.05, 0) is 41.8 Å². The SMILES string of the molecule is CN=C(NCc1ccc(N2CCCC2=O)cc1)NCc1ccc(S(N)(=O)=O)cc1. The van der Waals surface area contributed by atoms with Crippen molar-refractivity contribution in [3.8, 4) is 0 Å². The van der Waals surface area contributed by atoms with Gasteiger partial charge in [0, 0.05) is 38.8 Å². The van der Waals surface area contributed by atoms with Gasteiger partial charge < -0.3 is 15.5 Å². The van der Waals surface area contributed by atoms with Gasteiger partial charge in [0.05, 0.1) is 4.90 Å². The van der Waals surface area contributed by atoms with Gasteiger partial charge in [0.25, 0.3) is 0 Å². The minimum absolute atomic E-state index is 0.0860. The summed E-state index contributed by atoms with van der Waals surface area (Å²) in [5, 5.41) is 11.5. The molecule has 8 nitrogen and oxygen atoms in total. The molecule has 1 heterocycles. The molecule has 2 aromatic rings. The van der Waals surface area contributed by atoms with E-state index < -0.39 is 10.0 Å². The van der Waals surface area contributed by atoms with E-state index in [0.29, 0.717) is 25.5 Å². The Hall–Kier alpha value is -2.91. The third kappa shape index (κ3) is 5.55. The van der Waals surface area contributed by atoms with Crippen molar-refractivity contribution in [1.82, 2.24) is 10.6 Å². The van der Waals surface area contributed by atoms with Crippen LogP contribution in [0.15, 0.2) is 58.4 Å². The number of sulfonamides is 1. The molecule has 0 radical (unpaired) electrons. The van der Waals surface area contributed by atoms with Gasteiger partial charge in [0.1, 0.15) is 0 Å². The summed E-state index contributed by atoms with van der Waals surface area (Å²) in [7, 11) is -2.00. The van der Waals surface area contributed by atoms with Crippen LogP contribution in [0.1, 0.15) is 24.0 Å². The second kappa shape index (κ2) is 9.06. The van der Waals surface area contributed by atoms with Crippen molar-refractivity contribution in [1.29, 1.82) is 0 Å². The first kappa shape index (κ1) is 20.8. The van der Waals surface area contributed by atoms with Crippen LogP contribution in [0, 0.1) is 0 Å². The van der Waals surface area contributed by atoms with E-state index in [-0.39, 0.29) is 10.8 Å². The van der Waals surface area contributed by atoms with Crippen molar-refractivity contribution in [2.24, 2.45) is 10.1 Å². The number of benzene rings is 2. The van der Waals surface area contributed by atoms with Crippen LogP contribution in [0.5, 0.6) is 0 Å². The van der Waals surface area contributed by atoms with E-state index in [2.05, 4.69) is 15.6 Å². The molecular weight excluding hydrogens is 390 g/mol. The number of aliphatic imine (C=N–C) groups is 1. The molecule has 1 saturated heterocycles. The highest BCUT2D eigenvalue weighted by atomic mass is 32.2. The predicted octanol–water partition coefficient (Wildman–Crippen LogP) is 1.33. The number of anilines is 1. The third-order valence-corrected chi connectivity index (χ3v) is 5.65. The van der Waals surface area contributed by atoms with Gasteiger partial charge in [-0.15, -0.1) is 0 Å². The van der Waals surface area contributed by atoms with Gasteiger partial charge in [-0.3, -0.25) is 9.79 Å². The molecule has 0 aliphatic carbocycles. The quantitative estimate of drug-likeness (QED) is 0.486. The number of rotatable bonds is 6. The van der Waals surface area contributed by atoms with Gasteiger partial charge >= 0.3 is 0 Å². The standard InChI is InChI=1S/C20H25N5O3S/c1-22-20(24-14-16-6-10-18(11-7-16)29(21,27)28)23-13-15-4-8-17(9-5-15)25-12-2-3-19(25)26/h4-11H,2-3,12-14H2,1H3,(H2,21,27,28)(H2,22,23,24). The molecule has 4 N–H and O–H groups in total. The van der Waals surface area contributed by atoms with Crippen molar-refractivity contribution < 1.29 is 13.2 Å². The molecule has 154 valence electrons. The fourth-order valence-corrected chi connectivity index (χ4v) is 3.62. The Labute approximate surface area is 170 Å². The Bertz CT molecular complexity index is 986. The lowest BCUT2D eigenvalue weighted by atomic mass is 10.2. The lowest BCUT2D eigenvalue weighted by Gasteiger charge is -2.16. The smallest absolute Gasteiger partial charge is 0.238 e. The third-order valence-electron chi connectivity index (χ3n) is 4.72. The Morgan fingerprint density at radius 2 is 1.59 bits per heavy atom. The van der Waals surface area contributed by atoms with Crippen LogP contribution in [0.25, 0.3) is 0 Å². The van der Waals surface area contributed by atoms with E-state index in [1.807, 2.05) is 29.2 Å². The Morgan fingerprint density at radius 1 is 1.03 bits per heavy atom. The number of guanidine groups is 1. The van der Waals surface area contributed by atoms with Crippen LogP contribution in [-0.4, -0.2) is 33.9 Å². The zero-order chi connectivity index (χ0) is 20.9. The average Bonchev–Trinajstić information content (AvgIpc) is 3.14. The Morgan fingerprint density at radius 3 is 2.03 bits per heavy atom. The highest BCUT2D eigenvalue weighted by molar-refractivity contribution is 7.89. The van der Waals surface area contributed by atoms with Gasteiger partial charge in [-0.2, -0.15) is 0 Å². The van der Waals surface area contributed by atoms with E-state index in [1.165, 1.54) is 12.1 Å². The van der Waals surface area contributed by atoms with E-state index in [1.54, 1.807) is 19.2 Å². The van der Waals surface area contributed by atoms with E-state index in [9.17, 15) is 13.2 Å². The fourth-order valence-electron chi connectivity index (χ4n) is 3.10. The summed E-state index contributed by atoms with van der Waals surface area (Å²) >= 11 is 0. The molecule has 29 heavy (non-hydrogen) atoms. The number of amides is 1. The van der Waals surface area contributed by atoms with Crippen LogP contribution in [0.4, 0.5) is 5.69 Å². The summed E-state index contributed by atoms with van der Waals surface area (Å²) in [4.78, 5) is 17.9. The number of nitrogens with zero attached hydrogens (tertiary/aromatic N) is 2. The van der Waals surface area contributed by atoms with Crippen molar-refractivity contribution in [2.45, 2.75) is 30.8 Å². The number of hydrogen-bond donors (Lipinski definition) is 3. The molecule has 1 fully saturated rings. The van der Waals surface area contributed by atoms with Crippen molar-refractivity contribution in [3.05, 3.63) is 59.7 Å². The van der Waals surface area contributed by atoms with Gasteiger partial charge in [0.2, 0.25) is 15.9 Å². The maximum Gasteiger partial charge on any atom is 0.238 e. The Kier molecular flexibility index (Phi) is 6.50. The second-order valence-electron chi connectivity index (χ2n) is 6.78. The number of carbonyl (C=O) groups excluding carboxylic acids is 1. The number of primary sulfonamides is 1. The van der Waals surface area contributed by atoms with E-state index in [0.717, 1.165) is 29.8 Å². The van der Waals surface area contributed by atoms with E-state index >= 15 is 0 Å². The maximum absolute atomic E-state index is 11.8. The van der Waals surface area contributed by atoms with Crippen molar-refractivity contribution in [2.75, 3.05) is 18.5 Å². The first-order valence-corrected chi connectivity index (χ1v) is 10.9. The van der Waals surface area contributed by atoms with Crippen LogP contribution >= 0.6 is 0 Å². The Balaban J connectivity index is 1.51. The fraction of sp³-hybridized carbons (Fsp3) is 0.300. The minimum Gasteiger partial charge on any atom is -0.352 e. The van der Waals surface area contributed by atoms with Crippen LogP contribution in [0.3, 0.4) is 0 Å². The molecule has 0 atom stereocenters. The molecular formula is C20H25N5O3S. The summed E-state index contributed by atoms with van der Waals surface area (Å²) in [5.74, 6) is 0.803. The van der Waals surface area contributed by atoms with Crippen molar-refractivity contribution >= 4 is 27.6 Å². The number of nitrogens with one attached hydrogen (secondary N) is 2. The molecule has 1 amide bonds. The average molecular weight is 416 g/mol. The molecule has 1 aliphatic rings. The summed E-state index contributed by atoms with van der Waals surface area (Å²) in [6, 6.07) is 14.3. The predicted molar refractivity (Wildman–Crippen MR) is 113 cm³/mol. The molecule has 0 aromatic heterocycles.